The maximum absolute atomic E-state index is 13.6. The minimum atomic E-state index is -0.293. The molecule has 37 heavy (non-hydrogen) atoms. The summed E-state index contributed by atoms with van der Waals surface area (Å²) < 4.78 is 1.83. The first-order valence-electron chi connectivity index (χ1n) is 12.2. The first-order valence-corrected chi connectivity index (χ1v) is 12.2. The summed E-state index contributed by atoms with van der Waals surface area (Å²) in [5.74, 6) is -0.293. The van der Waals surface area contributed by atoms with Gasteiger partial charge in [-0.15, -0.1) is 0 Å². The number of aromatic nitrogens is 3. The van der Waals surface area contributed by atoms with Gasteiger partial charge in [0.15, 0.2) is 0 Å². The van der Waals surface area contributed by atoms with Crippen LogP contribution in [0.2, 0.25) is 0 Å². The van der Waals surface area contributed by atoms with Crippen LogP contribution in [-0.4, -0.2) is 50.2 Å². The maximum atomic E-state index is 13.6. The number of likely N-dealkylation sites (tertiary alicyclic amines) is 1. The lowest BCUT2D eigenvalue weighted by Crippen LogP contribution is -2.53. The molecule has 6 rings (SSSR count). The number of nitrogens with one attached hydrogen (secondary N) is 2. The molecule has 0 spiro atoms. The molecule has 0 bridgehead atoms. The number of H-pyrrole nitrogens is 1. The molecule has 0 saturated carbocycles. The third-order valence-corrected chi connectivity index (χ3v) is 7.15. The average molecular weight is 489 g/mol. The third kappa shape index (κ3) is 4.10. The molecule has 2 aromatic carbocycles. The molecule has 1 aliphatic rings. The number of aromatic amines is 1. The molecule has 0 radical (unpaired) electrons. The van der Waals surface area contributed by atoms with E-state index in [-0.39, 0.29) is 23.8 Å². The Kier molecular flexibility index (Phi) is 5.66. The largest absolute Gasteiger partial charge is 0.349 e. The lowest BCUT2D eigenvalue weighted by atomic mass is 9.85. The number of carbonyl (C=O) groups excluding carboxylic acids is 2. The van der Waals surface area contributed by atoms with E-state index in [1.54, 1.807) is 30.7 Å². The van der Waals surface area contributed by atoms with Crippen molar-refractivity contribution in [3.63, 3.8) is 0 Å². The molecule has 1 aliphatic heterocycles. The van der Waals surface area contributed by atoms with Gasteiger partial charge in [-0.2, -0.15) is 5.26 Å². The molecule has 3 aromatic heterocycles. The van der Waals surface area contributed by atoms with E-state index in [0.29, 0.717) is 41.8 Å². The van der Waals surface area contributed by atoms with E-state index in [2.05, 4.69) is 33.5 Å². The Morgan fingerprint density at radius 1 is 1.08 bits per heavy atom. The van der Waals surface area contributed by atoms with E-state index in [1.807, 2.05) is 51.9 Å². The van der Waals surface area contributed by atoms with E-state index in [0.717, 1.165) is 16.5 Å². The Morgan fingerprint density at radius 3 is 2.78 bits per heavy atom. The predicted octanol–water partition coefficient (Wildman–Crippen LogP) is 4.12. The summed E-state index contributed by atoms with van der Waals surface area (Å²) in [6, 6.07) is 22.8. The SMILES string of the molecule is N#Cc1cccc2cc(C(=O)N[C@@H]3CN(C(=O)c4cccn5cncc45)CC[C@H]3c3ccccc3)[nH]c12. The minimum absolute atomic E-state index is 0.0546. The number of benzene rings is 2. The molecule has 182 valence electrons. The number of carbonyl (C=O) groups is 2. The van der Waals surface area contributed by atoms with Crippen LogP contribution in [0.1, 0.15) is 44.3 Å². The van der Waals surface area contributed by atoms with Crippen molar-refractivity contribution in [2.45, 2.75) is 18.4 Å². The van der Waals surface area contributed by atoms with Crippen LogP contribution in [0.25, 0.3) is 16.4 Å². The number of pyridine rings is 1. The van der Waals surface area contributed by atoms with Crippen molar-refractivity contribution in [1.29, 1.82) is 5.26 Å². The van der Waals surface area contributed by atoms with E-state index in [9.17, 15) is 14.9 Å². The second kappa shape index (κ2) is 9.28. The number of nitrogens with zero attached hydrogens (tertiary/aromatic N) is 4. The highest BCUT2D eigenvalue weighted by molar-refractivity contribution is 6.01. The van der Waals surface area contributed by atoms with Gasteiger partial charge >= 0.3 is 0 Å². The number of piperidine rings is 1. The summed E-state index contributed by atoms with van der Waals surface area (Å²) in [6.45, 7) is 0.959. The summed E-state index contributed by atoms with van der Waals surface area (Å²) in [6.07, 6.45) is 5.94. The van der Waals surface area contributed by atoms with Crippen molar-refractivity contribution < 1.29 is 9.59 Å². The Morgan fingerprint density at radius 2 is 1.95 bits per heavy atom. The van der Waals surface area contributed by atoms with Crippen LogP contribution in [-0.2, 0) is 0 Å². The van der Waals surface area contributed by atoms with Crippen LogP contribution in [0.15, 0.2) is 85.5 Å². The second-order valence-corrected chi connectivity index (χ2v) is 9.31. The van der Waals surface area contributed by atoms with Gasteiger partial charge in [0.2, 0.25) is 0 Å². The number of hydrogen-bond donors (Lipinski definition) is 2. The van der Waals surface area contributed by atoms with Gasteiger partial charge in [0.1, 0.15) is 11.8 Å². The first-order chi connectivity index (χ1) is 18.1. The second-order valence-electron chi connectivity index (χ2n) is 9.31. The molecule has 1 fully saturated rings. The van der Waals surface area contributed by atoms with E-state index >= 15 is 0 Å². The lowest BCUT2D eigenvalue weighted by molar-refractivity contribution is 0.0656. The summed E-state index contributed by atoms with van der Waals surface area (Å²) in [7, 11) is 0. The summed E-state index contributed by atoms with van der Waals surface area (Å²) >= 11 is 0. The fourth-order valence-electron chi connectivity index (χ4n) is 5.30. The van der Waals surface area contributed by atoms with Gasteiger partial charge in [-0.25, -0.2) is 4.98 Å². The number of hydrogen-bond acceptors (Lipinski definition) is 4. The van der Waals surface area contributed by atoms with E-state index in [4.69, 9.17) is 0 Å². The van der Waals surface area contributed by atoms with Crippen LogP contribution in [0, 0.1) is 11.3 Å². The van der Waals surface area contributed by atoms with Gasteiger partial charge in [-0.05, 0) is 36.2 Å². The number of rotatable bonds is 4. The van der Waals surface area contributed by atoms with Crippen LogP contribution in [0.4, 0.5) is 0 Å². The average Bonchev–Trinajstić information content (AvgIpc) is 3.60. The molecule has 2 atom stereocenters. The van der Waals surface area contributed by atoms with Crippen molar-refractivity contribution in [1.82, 2.24) is 24.6 Å². The number of fused-ring (bicyclic) bond motifs is 2. The van der Waals surface area contributed by atoms with Crippen LogP contribution < -0.4 is 5.32 Å². The van der Waals surface area contributed by atoms with Crippen molar-refractivity contribution >= 4 is 28.2 Å². The molecular weight excluding hydrogens is 464 g/mol. The molecular formula is C29H24N6O2. The Hall–Kier alpha value is -4.90. The van der Waals surface area contributed by atoms with Crippen molar-refractivity contribution in [2.75, 3.05) is 13.1 Å². The summed E-state index contributed by atoms with van der Waals surface area (Å²) in [4.78, 5) is 36.1. The smallest absolute Gasteiger partial charge is 0.268 e. The number of imidazole rings is 1. The third-order valence-electron chi connectivity index (χ3n) is 7.15. The highest BCUT2D eigenvalue weighted by Crippen LogP contribution is 2.30. The van der Waals surface area contributed by atoms with Crippen LogP contribution >= 0.6 is 0 Å². The van der Waals surface area contributed by atoms with Crippen molar-refractivity contribution in [3.8, 4) is 6.07 Å². The monoisotopic (exact) mass is 488 g/mol. The fourth-order valence-corrected chi connectivity index (χ4v) is 5.30. The molecule has 2 amide bonds. The zero-order chi connectivity index (χ0) is 25.4. The van der Waals surface area contributed by atoms with Gasteiger partial charge < -0.3 is 19.6 Å². The molecule has 8 heteroatoms. The molecule has 1 saturated heterocycles. The van der Waals surface area contributed by atoms with Gasteiger partial charge in [0.05, 0.1) is 40.7 Å². The molecule has 5 aromatic rings. The molecule has 8 nitrogen and oxygen atoms in total. The van der Waals surface area contributed by atoms with Crippen LogP contribution in [0.3, 0.4) is 0 Å². The Labute approximate surface area is 213 Å². The number of nitriles is 1. The highest BCUT2D eigenvalue weighted by atomic mass is 16.2. The lowest BCUT2D eigenvalue weighted by Gasteiger charge is -2.39. The topological polar surface area (TPSA) is 106 Å². The Balaban J connectivity index is 1.30. The minimum Gasteiger partial charge on any atom is -0.349 e. The zero-order valence-corrected chi connectivity index (χ0v) is 20.0. The quantitative estimate of drug-likeness (QED) is 0.397. The first kappa shape index (κ1) is 22.6. The summed E-state index contributed by atoms with van der Waals surface area (Å²) in [5, 5.41) is 13.4. The molecule has 0 unspecified atom stereocenters. The van der Waals surface area contributed by atoms with Crippen molar-refractivity contribution in [2.24, 2.45) is 0 Å². The maximum Gasteiger partial charge on any atom is 0.268 e. The predicted molar refractivity (Wildman–Crippen MR) is 139 cm³/mol. The molecule has 2 N–H and O–H groups in total. The fraction of sp³-hybridized carbons (Fsp3) is 0.172. The van der Waals surface area contributed by atoms with Crippen molar-refractivity contribution in [3.05, 3.63) is 108 Å². The van der Waals surface area contributed by atoms with Gasteiger partial charge in [-0.1, -0.05) is 42.5 Å². The molecule has 4 heterocycles. The van der Waals surface area contributed by atoms with Gasteiger partial charge in [0.25, 0.3) is 11.8 Å². The van der Waals surface area contributed by atoms with Gasteiger partial charge in [0, 0.05) is 30.6 Å². The number of amides is 2. The summed E-state index contributed by atoms with van der Waals surface area (Å²) in [5.41, 5.74) is 3.98. The number of para-hydroxylation sites is 1. The molecule has 0 aliphatic carbocycles. The van der Waals surface area contributed by atoms with E-state index < -0.39 is 0 Å². The van der Waals surface area contributed by atoms with E-state index in [1.165, 1.54) is 0 Å². The van der Waals surface area contributed by atoms with Crippen LogP contribution in [0.5, 0.6) is 0 Å². The normalized spacial score (nSPS) is 17.5. The standard InChI is InChI=1S/C29H24N6O2/c30-15-21-9-4-8-20-14-24(32-27(20)21)28(36)33-25-17-34(13-11-22(25)19-6-2-1-3-7-19)29(37)23-10-5-12-35-18-31-16-26(23)35/h1-10,12,14,16,18,22,25,32H,11,13,17H2,(H,33,36)/t22-,25+/m0/s1. The van der Waals surface area contributed by atoms with Gasteiger partial charge in [-0.3, -0.25) is 9.59 Å². The Bertz CT molecular complexity index is 1660. The zero-order valence-electron chi connectivity index (χ0n) is 20.0. The highest BCUT2D eigenvalue weighted by Gasteiger charge is 2.34.